The Kier molecular flexibility index (Phi) is 8.34. The van der Waals surface area contributed by atoms with Crippen LogP contribution in [0, 0.1) is 17.3 Å². The maximum atomic E-state index is 14.4. The number of hydrogen-bond donors (Lipinski definition) is 0. The number of hydrogen-bond acceptors (Lipinski definition) is 2. The molecule has 5 heteroatoms. The molecule has 0 heterocycles. The molecule has 2 nitrogen and oxygen atoms in total. The van der Waals surface area contributed by atoms with Crippen molar-refractivity contribution in [1.29, 1.82) is 0 Å². The Morgan fingerprint density at radius 1 is 1.04 bits per heavy atom. The molecule has 0 spiro atoms. The van der Waals surface area contributed by atoms with Crippen molar-refractivity contribution in [1.82, 2.24) is 0 Å². The minimum absolute atomic E-state index is 0.292. The molecule has 1 aromatic carbocycles. The van der Waals surface area contributed by atoms with Crippen LogP contribution >= 0.6 is 0 Å². The lowest BCUT2D eigenvalue weighted by molar-refractivity contribution is 0.561. The van der Waals surface area contributed by atoms with Crippen LogP contribution in [0.15, 0.2) is 28.7 Å². The van der Waals surface area contributed by atoms with Gasteiger partial charge in [-0.05, 0) is 55.4 Å². The van der Waals surface area contributed by atoms with E-state index in [0.29, 0.717) is 27.9 Å². The molecule has 0 amide bonds. The van der Waals surface area contributed by atoms with Crippen molar-refractivity contribution in [2.75, 3.05) is 0 Å². The van der Waals surface area contributed by atoms with Gasteiger partial charge in [0.1, 0.15) is 30.0 Å². The maximum absolute atomic E-state index is 14.4. The Hall–Kier alpha value is -1.09. The monoisotopic (exact) mass is 407 g/mol. The molecule has 0 fully saturated rings. The van der Waals surface area contributed by atoms with Crippen molar-refractivity contribution >= 4 is 25.1 Å². The number of benzene rings is 1. The average molecular weight is 408 g/mol. The fraction of sp³-hybridized carbons (Fsp3) is 0.591. The van der Waals surface area contributed by atoms with Crippen LogP contribution in [-0.2, 0) is 11.4 Å². The Morgan fingerprint density at radius 2 is 1.52 bits per heavy atom. The molecular weight excluding hydrogens is 373 g/mol. The number of halogens is 1. The highest BCUT2D eigenvalue weighted by molar-refractivity contribution is 7.91. The summed E-state index contributed by atoms with van der Waals surface area (Å²) >= 11 is -1.50. The fourth-order valence-electron chi connectivity index (χ4n) is 3.61. The van der Waals surface area contributed by atoms with Gasteiger partial charge in [0.05, 0.1) is 0 Å². The Morgan fingerprint density at radius 3 is 1.93 bits per heavy atom. The predicted molar refractivity (Wildman–Crippen MR) is 120 cm³/mol. The summed E-state index contributed by atoms with van der Waals surface area (Å²) in [6.07, 6.45) is 0. The molecule has 1 atom stereocenters. The zero-order chi connectivity index (χ0) is 21.0. The van der Waals surface area contributed by atoms with Crippen molar-refractivity contribution in [3.05, 3.63) is 35.6 Å². The van der Waals surface area contributed by atoms with E-state index >= 15 is 0 Å². The molecule has 1 rings (SSSR count). The molecular formula is C22H34FNOSSi. The van der Waals surface area contributed by atoms with E-state index in [2.05, 4.69) is 57.4 Å². The summed E-state index contributed by atoms with van der Waals surface area (Å²) in [5.41, 5.74) is 5.56. The van der Waals surface area contributed by atoms with Gasteiger partial charge in [-0.2, -0.15) is 0 Å². The molecule has 0 aliphatic heterocycles. The van der Waals surface area contributed by atoms with Crippen LogP contribution in [0.25, 0.3) is 0 Å². The van der Waals surface area contributed by atoms with E-state index in [1.54, 1.807) is 18.2 Å². The van der Waals surface area contributed by atoms with Gasteiger partial charge in [-0.1, -0.05) is 58.1 Å². The van der Waals surface area contributed by atoms with Gasteiger partial charge in [0.15, 0.2) is 5.71 Å². The zero-order valence-electron chi connectivity index (χ0n) is 18.2. The normalized spacial score (nSPS) is 14.5. The van der Waals surface area contributed by atoms with Gasteiger partial charge in [-0.25, -0.2) is 4.39 Å². The quantitative estimate of drug-likeness (QED) is 0.244. The highest BCUT2D eigenvalue weighted by Gasteiger charge is 2.42. The summed E-state index contributed by atoms with van der Waals surface area (Å²) in [7, 11) is -2.00. The minimum atomic E-state index is -2.00. The van der Waals surface area contributed by atoms with Crippen LogP contribution in [0.4, 0.5) is 4.39 Å². The molecule has 1 unspecified atom stereocenters. The van der Waals surface area contributed by atoms with E-state index in [9.17, 15) is 8.94 Å². The molecule has 1 aromatic rings. The second-order valence-electron chi connectivity index (χ2n) is 8.93. The topological polar surface area (TPSA) is 35.4 Å². The number of rotatable bonds is 5. The van der Waals surface area contributed by atoms with Crippen molar-refractivity contribution in [2.24, 2.45) is 4.40 Å². The summed E-state index contributed by atoms with van der Waals surface area (Å²) in [6.45, 7) is 18.9. The predicted octanol–water partition coefficient (Wildman–Crippen LogP) is 6.30. The largest absolute Gasteiger partial charge is 0.591 e. The van der Waals surface area contributed by atoms with Gasteiger partial charge in [0, 0.05) is 5.56 Å². The molecule has 0 radical (unpaired) electrons. The number of nitrogens with zero attached hydrogens (tertiary/aromatic N) is 1. The Bertz CT molecular complexity index is 704. The van der Waals surface area contributed by atoms with E-state index in [1.807, 2.05) is 20.8 Å². The Labute approximate surface area is 169 Å². The molecule has 0 aliphatic rings. The first-order valence-electron chi connectivity index (χ1n) is 9.62. The minimum Gasteiger partial charge on any atom is -0.591 e. The lowest BCUT2D eigenvalue weighted by atomic mass is 10.1. The molecule has 0 aliphatic carbocycles. The van der Waals surface area contributed by atoms with Gasteiger partial charge < -0.3 is 4.55 Å². The van der Waals surface area contributed by atoms with Crippen molar-refractivity contribution in [3.63, 3.8) is 0 Å². The van der Waals surface area contributed by atoms with E-state index in [4.69, 9.17) is 0 Å². The highest BCUT2D eigenvalue weighted by atomic mass is 32.2. The maximum Gasteiger partial charge on any atom is 0.173 e. The van der Waals surface area contributed by atoms with Crippen LogP contribution in [-0.4, -0.2) is 23.1 Å². The third-order valence-electron chi connectivity index (χ3n) is 5.09. The first-order valence-corrected chi connectivity index (χ1v) is 13.0. The average Bonchev–Trinajstić information content (AvgIpc) is 2.52. The highest BCUT2D eigenvalue weighted by Crippen LogP contribution is 2.40. The molecule has 0 saturated carbocycles. The van der Waals surface area contributed by atoms with Gasteiger partial charge in [0.2, 0.25) is 0 Å². The second-order valence-corrected chi connectivity index (χ2v) is 16.4. The summed E-state index contributed by atoms with van der Waals surface area (Å²) in [6, 6.07) is 6.45. The summed E-state index contributed by atoms with van der Waals surface area (Å²) in [4.78, 5) is 0. The van der Waals surface area contributed by atoms with Crippen molar-refractivity contribution in [3.8, 4) is 11.5 Å². The fourth-order valence-corrected chi connectivity index (χ4v) is 9.40. The van der Waals surface area contributed by atoms with Gasteiger partial charge >= 0.3 is 0 Å². The lowest BCUT2D eigenvalue weighted by Gasteiger charge is -2.38. The van der Waals surface area contributed by atoms with Crippen molar-refractivity contribution in [2.45, 2.75) is 83.7 Å². The Balaban J connectivity index is 3.63. The summed E-state index contributed by atoms with van der Waals surface area (Å²) in [5.74, 6) is 2.81. The second kappa shape index (κ2) is 9.40. The smallest absolute Gasteiger partial charge is 0.173 e. The van der Waals surface area contributed by atoms with E-state index in [-0.39, 0.29) is 5.82 Å². The standard InChI is InChI=1S/C22H34FNOSSi/c1-16(2)27(17(3)4,18(5)6)15-14-21(24-26(25)22(7,8)9)19-12-10-11-13-20(19)23/h10-13,16-18H,1-9H3. The van der Waals surface area contributed by atoms with Crippen molar-refractivity contribution < 1.29 is 8.94 Å². The molecule has 27 heavy (non-hydrogen) atoms. The molecule has 150 valence electrons. The van der Waals surface area contributed by atoms with Gasteiger partial charge in [0.25, 0.3) is 0 Å². The van der Waals surface area contributed by atoms with Crippen LogP contribution < -0.4 is 0 Å². The molecule has 0 saturated heterocycles. The van der Waals surface area contributed by atoms with E-state index in [0.717, 1.165) is 0 Å². The van der Waals surface area contributed by atoms with Crippen LogP contribution in [0.2, 0.25) is 16.6 Å². The third-order valence-corrected chi connectivity index (χ3v) is 12.8. The van der Waals surface area contributed by atoms with Crippen LogP contribution in [0.3, 0.4) is 0 Å². The SMILES string of the molecule is CC(C)[Si](C#CC(=N[S+]([O-])C(C)(C)C)c1ccccc1F)(C(C)C)C(C)C. The molecule has 0 aromatic heterocycles. The third kappa shape index (κ3) is 5.69. The van der Waals surface area contributed by atoms with Gasteiger partial charge in [-0.15, -0.1) is 5.54 Å². The van der Waals surface area contributed by atoms with E-state index in [1.165, 1.54) is 6.07 Å². The molecule has 0 bridgehead atoms. The molecule has 0 N–H and O–H groups in total. The zero-order valence-corrected chi connectivity index (χ0v) is 20.0. The van der Waals surface area contributed by atoms with Gasteiger partial charge in [-0.3, -0.25) is 0 Å². The summed E-state index contributed by atoms with van der Waals surface area (Å²) < 4.78 is 30.9. The summed E-state index contributed by atoms with van der Waals surface area (Å²) in [5, 5.41) is 0. The van der Waals surface area contributed by atoms with Crippen LogP contribution in [0.1, 0.15) is 67.9 Å². The van der Waals surface area contributed by atoms with E-state index < -0.39 is 24.2 Å². The lowest BCUT2D eigenvalue weighted by Crippen LogP contribution is -2.43. The van der Waals surface area contributed by atoms with Crippen LogP contribution in [0.5, 0.6) is 0 Å². The first-order chi connectivity index (χ1) is 12.3. The first kappa shape index (κ1) is 23.9.